The Morgan fingerprint density at radius 1 is 0.679 bits per heavy atom. The zero-order valence-corrected chi connectivity index (χ0v) is 14.7. The van der Waals surface area contributed by atoms with Crippen LogP contribution in [0.15, 0.2) is 78.9 Å². The van der Waals surface area contributed by atoms with Gasteiger partial charge in [-0.1, -0.05) is 12.1 Å². The lowest BCUT2D eigenvalue weighted by Crippen LogP contribution is -1.93. The SMILES string of the molecule is N#Cc1ccc(Oc2cc(Oc3ccc(C#N)cc3)c3ccccc3n2)cc1. The van der Waals surface area contributed by atoms with Crippen molar-refractivity contribution in [3.8, 4) is 35.3 Å². The minimum atomic E-state index is 0.382. The van der Waals surface area contributed by atoms with Gasteiger partial charge in [-0.15, -0.1) is 0 Å². The van der Waals surface area contributed by atoms with Gasteiger partial charge in [0.2, 0.25) is 5.88 Å². The summed E-state index contributed by atoms with van der Waals surface area (Å²) in [5.41, 5.74) is 1.86. The van der Waals surface area contributed by atoms with Crippen LogP contribution in [0.2, 0.25) is 0 Å². The molecule has 0 fully saturated rings. The van der Waals surface area contributed by atoms with Gasteiger partial charge in [-0.3, -0.25) is 0 Å². The van der Waals surface area contributed by atoms with Gasteiger partial charge in [0.05, 0.1) is 28.8 Å². The highest BCUT2D eigenvalue weighted by molar-refractivity contribution is 5.86. The molecule has 28 heavy (non-hydrogen) atoms. The van der Waals surface area contributed by atoms with E-state index in [-0.39, 0.29) is 0 Å². The number of ether oxygens (including phenoxy) is 2. The van der Waals surface area contributed by atoms with Gasteiger partial charge in [-0.25, -0.2) is 4.98 Å². The Morgan fingerprint density at radius 3 is 1.86 bits per heavy atom. The molecular formula is C23H13N3O2. The first-order chi connectivity index (χ1) is 13.7. The van der Waals surface area contributed by atoms with Gasteiger partial charge in [0.25, 0.3) is 0 Å². The predicted molar refractivity (Wildman–Crippen MR) is 104 cm³/mol. The van der Waals surface area contributed by atoms with Crippen LogP contribution in [-0.4, -0.2) is 4.98 Å². The van der Waals surface area contributed by atoms with Gasteiger partial charge in [-0.2, -0.15) is 10.5 Å². The monoisotopic (exact) mass is 363 g/mol. The van der Waals surface area contributed by atoms with Crippen LogP contribution < -0.4 is 9.47 Å². The van der Waals surface area contributed by atoms with Crippen molar-refractivity contribution in [2.24, 2.45) is 0 Å². The third-order valence-electron chi connectivity index (χ3n) is 4.07. The topological polar surface area (TPSA) is 78.9 Å². The van der Waals surface area contributed by atoms with E-state index in [0.717, 1.165) is 10.9 Å². The molecule has 0 N–H and O–H groups in total. The molecule has 4 aromatic rings. The van der Waals surface area contributed by atoms with Gasteiger partial charge in [-0.05, 0) is 60.7 Å². The van der Waals surface area contributed by atoms with Crippen LogP contribution >= 0.6 is 0 Å². The molecule has 1 heterocycles. The van der Waals surface area contributed by atoms with Crippen LogP contribution in [0.4, 0.5) is 0 Å². The quantitative estimate of drug-likeness (QED) is 0.474. The molecule has 0 aliphatic heterocycles. The molecule has 0 radical (unpaired) electrons. The van der Waals surface area contributed by atoms with Crippen molar-refractivity contribution >= 4 is 10.9 Å². The smallest absolute Gasteiger partial charge is 0.223 e. The number of pyridine rings is 1. The Hall–Kier alpha value is -4.35. The summed E-state index contributed by atoms with van der Waals surface area (Å²) in [4.78, 5) is 4.53. The van der Waals surface area contributed by atoms with Gasteiger partial charge in [0.15, 0.2) is 0 Å². The molecule has 0 spiro atoms. The van der Waals surface area contributed by atoms with E-state index in [0.29, 0.717) is 34.3 Å². The van der Waals surface area contributed by atoms with Crippen molar-refractivity contribution in [2.75, 3.05) is 0 Å². The number of aromatic nitrogens is 1. The fourth-order valence-electron chi connectivity index (χ4n) is 2.70. The number of benzene rings is 3. The third-order valence-corrected chi connectivity index (χ3v) is 4.07. The van der Waals surface area contributed by atoms with E-state index < -0.39 is 0 Å². The molecule has 5 nitrogen and oxygen atoms in total. The summed E-state index contributed by atoms with van der Waals surface area (Å²) in [6.07, 6.45) is 0. The second-order valence-electron chi connectivity index (χ2n) is 5.95. The second-order valence-corrected chi connectivity index (χ2v) is 5.95. The van der Waals surface area contributed by atoms with Crippen molar-refractivity contribution < 1.29 is 9.47 Å². The van der Waals surface area contributed by atoms with E-state index in [2.05, 4.69) is 17.1 Å². The van der Waals surface area contributed by atoms with Crippen molar-refractivity contribution in [3.63, 3.8) is 0 Å². The van der Waals surface area contributed by atoms with Crippen molar-refractivity contribution in [3.05, 3.63) is 90.0 Å². The van der Waals surface area contributed by atoms with Gasteiger partial charge < -0.3 is 9.47 Å². The molecule has 0 saturated heterocycles. The fourth-order valence-corrected chi connectivity index (χ4v) is 2.70. The molecule has 0 amide bonds. The Morgan fingerprint density at radius 2 is 1.25 bits per heavy atom. The van der Waals surface area contributed by atoms with E-state index in [1.165, 1.54) is 0 Å². The molecule has 0 aliphatic carbocycles. The number of nitrogens with zero attached hydrogens (tertiary/aromatic N) is 3. The Bertz CT molecular complexity index is 1220. The Labute approximate surface area is 161 Å². The third kappa shape index (κ3) is 3.60. The Balaban J connectivity index is 1.70. The molecular weight excluding hydrogens is 350 g/mol. The molecule has 132 valence electrons. The molecule has 4 rings (SSSR count). The van der Waals surface area contributed by atoms with Gasteiger partial charge in [0, 0.05) is 11.5 Å². The second kappa shape index (κ2) is 7.49. The lowest BCUT2D eigenvalue weighted by atomic mass is 10.2. The molecule has 0 aliphatic rings. The molecule has 1 aromatic heterocycles. The number of nitriles is 2. The first-order valence-electron chi connectivity index (χ1n) is 8.51. The highest BCUT2D eigenvalue weighted by Crippen LogP contribution is 2.33. The van der Waals surface area contributed by atoms with Crippen LogP contribution in [-0.2, 0) is 0 Å². The van der Waals surface area contributed by atoms with E-state index in [4.69, 9.17) is 20.0 Å². The highest BCUT2D eigenvalue weighted by atomic mass is 16.5. The number of hydrogen-bond acceptors (Lipinski definition) is 5. The number of para-hydroxylation sites is 1. The minimum absolute atomic E-state index is 0.382. The molecule has 0 atom stereocenters. The van der Waals surface area contributed by atoms with Gasteiger partial charge in [0.1, 0.15) is 17.2 Å². The van der Waals surface area contributed by atoms with E-state index >= 15 is 0 Å². The average Bonchev–Trinajstić information content (AvgIpc) is 2.75. The fraction of sp³-hybridized carbons (Fsp3) is 0. The average molecular weight is 363 g/mol. The van der Waals surface area contributed by atoms with Crippen LogP contribution in [0, 0.1) is 22.7 Å². The normalized spacial score (nSPS) is 10.1. The highest BCUT2D eigenvalue weighted by Gasteiger charge is 2.10. The number of rotatable bonds is 4. The Kier molecular flexibility index (Phi) is 4.57. The zero-order valence-electron chi connectivity index (χ0n) is 14.7. The zero-order chi connectivity index (χ0) is 19.3. The minimum Gasteiger partial charge on any atom is -0.456 e. The summed E-state index contributed by atoms with van der Waals surface area (Å²) in [5.74, 6) is 2.16. The number of fused-ring (bicyclic) bond motifs is 1. The molecule has 3 aromatic carbocycles. The lowest BCUT2D eigenvalue weighted by molar-refractivity contribution is 0.451. The predicted octanol–water partition coefficient (Wildman–Crippen LogP) is 5.56. The molecule has 0 unspecified atom stereocenters. The summed E-state index contributed by atoms with van der Waals surface area (Å²) in [7, 11) is 0. The van der Waals surface area contributed by atoms with Crippen LogP contribution in [0.5, 0.6) is 23.1 Å². The lowest BCUT2D eigenvalue weighted by Gasteiger charge is -2.12. The van der Waals surface area contributed by atoms with E-state index in [1.54, 1.807) is 54.6 Å². The molecule has 0 saturated carbocycles. The summed E-state index contributed by atoms with van der Waals surface area (Å²) in [6.45, 7) is 0. The standard InChI is InChI=1S/C23H13N3O2/c24-14-16-5-9-18(10-6-16)27-22-13-23(26-21-4-2-1-3-20(21)22)28-19-11-7-17(15-25)8-12-19/h1-13H. The summed E-state index contributed by atoms with van der Waals surface area (Å²) < 4.78 is 11.9. The molecule has 5 heteroatoms. The van der Waals surface area contributed by atoms with Gasteiger partial charge >= 0.3 is 0 Å². The van der Waals surface area contributed by atoms with Crippen molar-refractivity contribution in [1.82, 2.24) is 4.98 Å². The summed E-state index contributed by atoms with van der Waals surface area (Å²) >= 11 is 0. The first kappa shape index (κ1) is 17.1. The maximum atomic E-state index is 8.94. The summed E-state index contributed by atoms with van der Waals surface area (Å²) in [5, 5.41) is 18.7. The maximum Gasteiger partial charge on any atom is 0.223 e. The van der Waals surface area contributed by atoms with Crippen molar-refractivity contribution in [1.29, 1.82) is 10.5 Å². The maximum absolute atomic E-state index is 8.94. The summed E-state index contributed by atoms with van der Waals surface area (Å²) in [6, 6.07) is 27.2. The van der Waals surface area contributed by atoms with Crippen LogP contribution in [0.3, 0.4) is 0 Å². The van der Waals surface area contributed by atoms with Crippen LogP contribution in [0.1, 0.15) is 11.1 Å². The first-order valence-corrected chi connectivity index (χ1v) is 8.51. The molecule has 0 bridgehead atoms. The van der Waals surface area contributed by atoms with Crippen molar-refractivity contribution in [2.45, 2.75) is 0 Å². The van der Waals surface area contributed by atoms with E-state index in [9.17, 15) is 0 Å². The largest absolute Gasteiger partial charge is 0.456 e. The van der Waals surface area contributed by atoms with E-state index in [1.807, 2.05) is 24.3 Å². The van der Waals surface area contributed by atoms with Crippen LogP contribution in [0.25, 0.3) is 10.9 Å². The number of hydrogen-bond donors (Lipinski definition) is 0.